The molecule has 0 unspecified atom stereocenters. The van der Waals surface area contributed by atoms with Crippen LogP contribution < -0.4 is 11.1 Å². The number of hydrogen-bond acceptors (Lipinski definition) is 4. The van der Waals surface area contributed by atoms with Gasteiger partial charge in [0, 0.05) is 25.7 Å². The molecule has 0 aromatic carbocycles. The van der Waals surface area contributed by atoms with E-state index >= 15 is 0 Å². The van der Waals surface area contributed by atoms with E-state index in [2.05, 4.69) is 10.2 Å². The molecule has 0 atom stereocenters. The van der Waals surface area contributed by atoms with Gasteiger partial charge in [0.2, 0.25) is 0 Å². The standard InChI is InChI=1S/C11H23N3O/c12-9-11(15)3-7-14(8-4-11)10-1-5-13-6-2-10/h10,13,15H,1-9,12H2. The third-order valence-electron chi connectivity index (χ3n) is 3.93. The summed E-state index contributed by atoms with van der Waals surface area (Å²) in [5, 5.41) is 13.4. The summed E-state index contributed by atoms with van der Waals surface area (Å²) in [6.45, 7) is 4.72. The second-order valence-electron chi connectivity index (χ2n) is 4.95. The topological polar surface area (TPSA) is 61.5 Å². The molecule has 0 saturated carbocycles. The van der Waals surface area contributed by atoms with Crippen molar-refractivity contribution in [3.8, 4) is 0 Å². The Morgan fingerprint density at radius 2 is 1.87 bits per heavy atom. The van der Waals surface area contributed by atoms with E-state index in [0.29, 0.717) is 6.54 Å². The Bertz CT molecular complexity index is 196. The first-order valence-electron chi connectivity index (χ1n) is 6.11. The minimum absolute atomic E-state index is 0.410. The number of nitrogens with one attached hydrogen (secondary N) is 1. The van der Waals surface area contributed by atoms with Gasteiger partial charge in [0.1, 0.15) is 0 Å². The lowest BCUT2D eigenvalue weighted by molar-refractivity contribution is -0.0269. The summed E-state index contributed by atoms with van der Waals surface area (Å²) in [5.74, 6) is 0. The molecule has 0 radical (unpaired) electrons. The van der Waals surface area contributed by atoms with Gasteiger partial charge in [0.25, 0.3) is 0 Å². The van der Waals surface area contributed by atoms with Crippen molar-refractivity contribution >= 4 is 0 Å². The lowest BCUT2D eigenvalue weighted by atomic mass is 9.90. The molecule has 0 spiro atoms. The van der Waals surface area contributed by atoms with E-state index in [4.69, 9.17) is 5.73 Å². The van der Waals surface area contributed by atoms with Crippen LogP contribution in [0, 0.1) is 0 Å². The fourth-order valence-electron chi connectivity index (χ4n) is 2.68. The van der Waals surface area contributed by atoms with Crippen LogP contribution in [0.5, 0.6) is 0 Å². The molecule has 2 heterocycles. The van der Waals surface area contributed by atoms with Crippen LogP contribution in [0.4, 0.5) is 0 Å². The number of nitrogens with two attached hydrogens (primary N) is 1. The van der Waals surface area contributed by atoms with Crippen LogP contribution in [-0.4, -0.2) is 54.4 Å². The van der Waals surface area contributed by atoms with Gasteiger partial charge < -0.3 is 21.1 Å². The van der Waals surface area contributed by atoms with Crippen molar-refractivity contribution in [1.29, 1.82) is 0 Å². The fraction of sp³-hybridized carbons (Fsp3) is 1.00. The molecule has 15 heavy (non-hydrogen) atoms. The molecule has 0 aliphatic carbocycles. The van der Waals surface area contributed by atoms with Gasteiger partial charge in [-0.15, -0.1) is 0 Å². The van der Waals surface area contributed by atoms with E-state index in [-0.39, 0.29) is 0 Å². The summed E-state index contributed by atoms with van der Waals surface area (Å²) >= 11 is 0. The number of piperidine rings is 2. The van der Waals surface area contributed by atoms with Gasteiger partial charge in [0.15, 0.2) is 0 Å². The number of aliphatic hydroxyl groups is 1. The van der Waals surface area contributed by atoms with Crippen LogP contribution in [0.25, 0.3) is 0 Å². The highest BCUT2D eigenvalue weighted by atomic mass is 16.3. The Hall–Kier alpha value is -0.160. The van der Waals surface area contributed by atoms with Crippen molar-refractivity contribution < 1.29 is 5.11 Å². The molecule has 2 rings (SSSR count). The van der Waals surface area contributed by atoms with Crippen molar-refractivity contribution in [2.45, 2.75) is 37.3 Å². The molecule has 2 saturated heterocycles. The highest BCUT2D eigenvalue weighted by Gasteiger charge is 2.33. The van der Waals surface area contributed by atoms with E-state index in [0.717, 1.165) is 45.1 Å². The highest BCUT2D eigenvalue weighted by molar-refractivity contribution is 4.89. The zero-order valence-electron chi connectivity index (χ0n) is 9.41. The van der Waals surface area contributed by atoms with Gasteiger partial charge in [-0.3, -0.25) is 0 Å². The van der Waals surface area contributed by atoms with Gasteiger partial charge in [-0.05, 0) is 38.8 Å². The van der Waals surface area contributed by atoms with Crippen molar-refractivity contribution in [2.24, 2.45) is 5.73 Å². The third kappa shape index (κ3) is 2.69. The summed E-state index contributed by atoms with van der Waals surface area (Å²) < 4.78 is 0. The molecule has 4 heteroatoms. The van der Waals surface area contributed by atoms with Crippen LogP contribution >= 0.6 is 0 Å². The van der Waals surface area contributed by atoms with E-state index in [1.807, 2.05) is 0 Å². The Morgan fingerprint density at radius 1 is 1.27 bits per heavy atom. The Kier molecular flexibility index (Phi) is 3.61. The summed E-state index contributed by atoms with van der Waals surface area (Å²) in [6.07, 6.45) is 4.18. The summed E-state index contributed by atoms with van der Waals surface area (Å²) in [7, 11) is 0. The van der Waals surface area contributed by atoms with Crippen molar-refractivity contribution in [1.82, 2.24) is 10.2 Å². The molecule has 88 valence electrons. The zero-order valence-corrected chi connectivity index (χ0v) is 9.41. The molecule has 2 aliphatic heterocycles. The molecule has 2 aliphatic rings. The second-order valence-corrected chi connectivity index (χ2v) is 4.95. The number of likely N-dealkylation sites (tertiary alicyclic amines) is 1. The number of hydrogen-bond donors (Lipinski definition) is 3. The summed E-state index contributed by atoms with van der Waals surface area (Å²) in [4.78, 5) is 2.53. The average molecular weight is 213 g/mol. The normalized spacial score (nSPS) is 29.2. The smallest absolute Gasteiger partial charge is 0.0793 e. The maximum Gasteiger partial charge on any atom is 0.0793 e. The maximum atomic E-state index is 10.0. The van der Waals surface area contributed by atoms with Crippen LogP contribution in [0.15, 0.2) is 0 Å². The van der Waals surface area contributed by atoms with E-state index in [1.165, 1.54) is 12.8 Å². The predicted octanol–water partition coefficient (Wildman–Crippen LogP) is -0.476. The monoisotopic (exact) mass is 213 g/mol. The SMILES string of the molecule is NCC1(O)CCN(C2CCNCC2)CC1. The van der Waals surface area contributed by atoms with Crippen molar-refractivity contribution in [2.75, 3.05) is 32.7 Å². The van der Waals surface area contributed by atoms with Gasteiger partial charge in [-0.25, -0.2) is 0 Å². The quantitative estimate of drug-likeness (QED) is 0.580. The van der Waals surface area contributed by atoms with Crippen molar-refractivity contribution in [3.05, 3.63) is 0 Å². The van der Waals surface area contributed by atoms with Gasteiger partial charge in [-0.2, -0.15) is 0 Å². The van der Waals surface area contributed by atoms with Gasteiger partial charge in [-0.1, -0.05) is 0 Å². The minimum atomic E-state index is -0.580. The van der Waals surface area contributed by atoms with Gasteiger partial charge in [0.05, 0.1) is 5.60 Å². The van der Waals surface area contributed by atoms with Gasteiger partial charge >= 0.3 is 0 Å². The summed E-state index contributed by atoms with van der Waals surface area (Å²) in [5.41, 5.74) is 5.00. The van der Waals surface area contributed by atoms with E-state index in [1.54, 1.807) is 0 Å². The molecular formula is C11H23N3O. The molecule has 4 nitrogen and oxygen atoms in total. The van der Waals surface area contributed by atoms with Crippen LogP contribution in [0.1, 0.15) is 25.7 Å². The lowest BCUT2D eigenvalue weighted by Gasteiger charge is -2.42. The molecule has 0 aromatic heterocycles. The number of rotatable bonds is 2. The highest BCUT2D eigenvalue weighted by Crippen LogP contribution is 2.24. The first kappa shape index (κ1) is 11.3. The number of nitrogens with zero attached hydrogens (tertiary/aromatic N) is 1. The predicted molar refractivity (Wildman–Crippen MR) is 60.7 cm³/mol. The van der Waals surface area contributed by atoms with Crippen LogP contribution in [0.3, 0.4) is 0 Å². The Labute approximate surface area is 91.8 Å². The minimum Gasteiger partial charge on any atom is -0.388 e. The Balaban J connectivity index is 1.82. The zero-order chi connectivity index (χ0) is 10.7. The average Bonchev–Trinajstić information content (AvgIpc) is 2.31. The molecular weight excluding hydrogens is 190 g/mol. The molecule has 0 amide bonds. The largest absolute Gasteiger partial charge is 0.388 e. The third-order valence-corrected chi connectivity index (χ3v) is 3.93. The van der Waals surface area contributed by atoms with E-state index < -0.39 is 5.60 Å². The molecule has 2 fully saturated rings. The fourth-order valence-corrected chi connectivity index (χ4v) is 2.68. The summed E-state index contributed by atoms with van der Waals surface area (Å²) in [6, 6.07) is 0.730. The Morgan fingerprint density at radius 3 is 2.40 bits per heavy atom. The molecule has 4 N–H and O–H groups in total. The first-order chi connectivity index (χ1) is 7.23. The van der Waals surface area contributed by atoms with Crippen LogP contribution in [-0.2, 0) is 0 Å². The van der Waals surface area contributed by atoms with Crippen molar-refractivity contribution in [3.63, 3.8) is 0 Å². The first-order valence-corrected chi connectivity index (χ1v) is 6.11. The van der Waals surface area contributed by atoms with E-state index in [9.17, 15) is 5.11 Å². The maximum absolute atomic E-state index is 10.0. The molecule has 0 bridgehead atoms. The second kappa shape index (κ2) is 4.78. The molecule has 0 aromatic rings. The van der Waals surface area contributed by atoms with Crippen LogP contribution in [0.2, 0.25) is 0 Å². The lowest BCUT2D eigenvalue weighted by Crippen LogP contribution is -2.53.